The highest BCUT2D eigenvalue weighted by Gasteiger charge is 2.72. The molecule has 1 aliphatic heterocycles. The minimum atomic E-state index is -6.25. The van der Waals surface area contributed by atoms with Crippen molar-refractivity contribution in [1.82, 2.24) is 0 Å². The lowest BCUT2D eigenvalue weighted by Crippen LogP contribution is -2.52. The van der Waals surface area contributed by atoms with Crippen LogP contribution < -0.4 is 0 Å². The van der Waals surface area contributed by atoms with Crippen molar-refractivity contribution in [3.63, 3.8) is 0 Å². The van der Waals surface area contributed by atoms with E-state index in [-0.39, 0.29) is 17.3 Å². The lowest BCUT2D eigenvalue weighted by Gasteiger charge is -2.36. The Kier molecular flexibility index (Phi) is 5.70. The first-order valence-electron chi connectivity index (χ1n) is 7.23. The fourth-order valence-electron chi connectivity index (χ4n) is 2.47. The Morgan fingerprint density at radius 1 is 1.04 bits per heavy atom. The molecule has 11 heteroatoms. The van der Waals surface area contributed by atoms with E-state index in [1.54, 1.807) is 30.3 Å². The van der Waals surface area contributed by atoms with Gasteiger partial charge < -0.3 is 0 Å². The van der Waals surface area contributed by atoms with Crippen LogP contribution in [0.3, 0.4) is 0 Å². The van der Waals surface area contributed by atoms with E-state index in [1.165, 1.54) is 0 Å². The molecule has 0 aliphatic carbocycles. The zero-order chi connectivity index (χ0) is 18.9. The smallest absolute Gasteiger partial charge is 0.215 e. The maximum absolute atomic E-state index is 13.7. The Balaban J connectivity index is 2.32. The van der Waals surface area contributed by atoms with Crippen molar-refractivity contribution in [3.8, 4) is 0 Å². The minimum absolute atomic E-state index is 0.0244. The lowest BCUT2D eigenvalue weighted by molar-refractivity contribution is -0.227. The lowest BCUT2D eigenvalue weighted by atomic mass is 10.2. The predicted octanol–water partition coefficient (Wildman–Crippen LogP) is 4.54. The average molecular weight is 410 g/mol. The van der Waals surface area contributed by atoms with Crippen LogP contribution in [0.5, 0.6) is 0 Å². The SMILES string of the molecule is O=S(=O)(OS1(Cc2ccccc2)CCCC1)C(F)(F)C(F)(F)C(F)F. The second-order valence-corrected chi connectivity index (χ2v) is 10.7. The van der Waals surface area contributed by atoms with Crippen LogP contribution in [-0.2, 0) is 19.5 Å². The van der Waals surface area contributed by atoms with E-state index in [9.17, 15) is 34.8 Å². The second-order valence-electron chi connectivity index (χ2n) is 5.67. The second kappa shape index (κ2) is 6.99. The molecule has 0 bridgehead atoms. The molecule has 1 fully saturated rings. The number of hydrogen-bond acceptors (Lipinski definition) is 3. The molecule has 3 nitrogen and oxygen atoms in total. The molecular formula is C14H16F6O3S2. The number of halogens is 6. The van der Waals surface area contributed by atoms with Crippen molar-refractivity contribution >= 4 is 20.4 Å². The summed E-state index contributed by atoms with van der Waals surface area (Å²) in [5.41, 5.74) is 0.596. The van der Waals surface area contributed by atoms with Gasteiger partial charge in [-0.1, -0.05) is 30.3 Å². The van der Waals surface area contributed by atoms with Crippen LogP contribution in [0.4, 0.5) is 26.3 Å². The van der Waals surface area contributed by atoms with Crippen molar-refractivity contribution in [2.24, 2.45) is 0 Å². The topological polar surface area (TPSA) is 43.4 Å². The highest BCUT2D eigenvalue weighted by molar-refractivity contribution is 8.32. The zero-order valence-electron chi connectivity index (χ0n) is 12.8. The fraction of sp³-hybridized carbons (Fsp3) is 0.571. The van der Waals surface area contributed by atoms with Crippen molar-refractivity contribution in [1.29, 1.82) is 0 Å². The van der Waals surface area contributed by atoms with Crippen LogP contribution in [0.2, 0.25) is 0 Å². The van der Waals surface area contributed by atoms with Crippen LogP contribution in [-0.4, -0.2) is 37.5 Å². The van der Waals surface area contributed by atoms with Crippen LogP contribution in [0.25, 0.3) is 0 Å². The summed E-state index contributed by atoms with van der Waals surface area (Å²) in [6, 6.07) is 8.22. The third-order valence-electron chi connectivity index (χ3n) is 3.77. The maximum Gasteiger partial charge on any atom is 0.438 e. The molecule has 0 saturated carbocycles. The minimum Gasteiger partial charge on any atom is -0.215 e. The Hall–Kier alpha value is -0.940. The Morgan fingerprint density at radius 2 is 1.56 bits per heavy atom. The van der Waals surface area contributed by atoms with Gasteiger partial charge in [0.15, 0.2) is 0 Å². The molecule has 25 heavy (non-hydrogen) atoms. The van der Waals surface area contributed by atoms with Gasteiger partial charge in [0, 0.05) is 17.3 Å². The maximum atomic E-state index is 13.7. The highest BCUT2D eigenvalue weighted by atomic mass is 32.3. The van der Waals surface area contributed by atoms with Gasteiger partial charge in [0.25, 0.3) is 0 Å². The van der Waals surface area contributed by atoms with Crippen LogP contribution in [0.1, 0.15) is 18.4 Å². The number of hydrogen-bond donors (Lipinski definition) is 0. The van der Waals surface area contributed by atoms with Gasteiger partial charge in [-0.05, 0) is 18.4 Å². The Bertz CT molecular complexity index is 688. The van der Waals surface area contributed by atoms with E-state index in [4.69, 9.17) is 0 Å². The third-order valence-corrected chi connectivity index (χ3v) is 9.46. The van der Waals surface area contributed by atoms with Gasteiger partial charge in [0.1, 0.15) is 0 Å². The molecule has 144 valence electrons. The van der Waals surface area contributed by atoms with Gasteiger partial charge in [0.05, 0.1) is 0 Å². The average Bonchev–Trinajstić information content (AvgIpc) is 2.95. The van der Waals surface area contributed by atoms with Crippen LogP contribution >= 0.6 is 10.3 Å². The molecule has 1 aromatic rings. The first-order chi connectivity index (χ1) is 11.4. The summed E-state index contributed by atoms with van der Waals surface area (Å²) in [7, 11) is -8.94. The van der Waals surface area contributed by atoms with Crippen molar-refractivity contribution in [2.45, 2.75) is 36.2 Å². The molecule has 0 N–H and O–H groups in total. The fourth-order valence-corrected chi connectivity index (χ4v) is 8.25. The summed E-state index contributed by atoms with van der Waals surface area (Å²) in [4.78, 5) is 0. The molecule has 1 saturated heterocycles. The third kappa shape index (κ3) is 3.92. The summed E-state index contributed by atoms with van der Waals surface area (Å²) >= 11 is 0. The zero-order valence-corrected chi connectivity index (χ0v) is 14.4. The molecule has 1 aliphatic rings. The standard InChI is InChI=1S/C14H16F6O3S2/c15-12(16)13(17,18)14(19,20)25(21,22)23-24(8-4-5-9-24)10-11-6-2-1-3-7-11/h1-3,6-7,12H,4-5,8-10H2. The number of benzene rings is 1. The van der Waals surface area contributed by atoms with Crippen LogP contribution in [0.15, 0.2) is 30.3 Å². The van der Waals surface area contributed by atoms with Gasteiger partial charge in [-0.2, -0.15) is 26.0 Å². The summed E-state index contributed by atoms with van der Waals surface area (Å²) in [5.74, 6) is -5.82. The van der Waals surface area contributed by atoms with E-state index < -0.39 is 38.0 Å². The Labute approximate surface area is 143 Å². The molecule has 0 unspecified atom stereocenters. The summed E-state index contributed by atoms with van der Waals surface area (Å²) in [6.45, 7) is 0. The summed E-state index contributed by atoms with van der Waals surface area (Å²) in [6.07, 6.45) is -3.88. The van der Waals surface area contributed by atoms with Gasteiger partial charge >= 0.3 is 27.7 Å². The molecule has 0 aromatic heterocycles. The first-order valence-corrected chi connectivity index (χ1v) is 10.7. The normalized spacial score (nSPS) is 20.0. The van der Waals surface area contributed by atoms with Crippen molar-refractivity contribution in [3.05, 3.63) is 35.9 Å². The monoisotopic (exact) mass is 410 g/mol. The molecule has 1 heterocycles. The van der Waals surface area contributed by atoms with Gasteiger partial charge in [-0.3, -0.25) is 0 Å². The molecule has 0 atom stereocenters. The predicted molar refractivity (Wildman–Crippen MR) is 82.6 cm³/mol. The van der Waals surface area contributed by atoms with E-state index in [0.717, 1.165) is 0 Å². The molecule has 0 radical (unpaired) electrons. The quantitative estimate of drug-likeness (QED) is 0.620. The van der Waals surface area contributed by atoms with Gasteiger partial charge in [0.2, 0.25) is 0 Å². The highest BCUT2D eigenvalue weighted by Crippen LogP contribution is 2.60. The van der Waals surface area contributed by atoms with E-state index in [2.05, 4.69) is 3.63 Å². The van der Waals surface area contributed by atoms with Crippen molar-refractivity contribution in [2.75, 3.05) is 11.5 Å². The summed E-state index contributed by atoms with van der Waals surface area (Å²) < 4.78 is 106. The number of rotatable bonds is 7. The Morgan fingerprint density at radius 3 is 2.04 bits per heavy atom. The molecule has 2 rings (SSSR count). The summed E-state index contributed by atoms with van der Waals surface area (Å²) in [5, 5.41) is -6.02. The van der Waals surface area contributed by atoms with Gasteiger partial charge in [-0.15, -0.1) is 10.3 Å². The van der Waals surface area contributed by atoms with E-state index in [1.807, 2.05) is 0 Å². The molecule has 1 aromatic carbocycles. The first kappa shape index (κ1) is 20.4. The number of alkyl halides is 6. The van der Waals surface area contributed by atoms with E-state index in [0.29, 0.717) is 18.4 Å². The van der Waals surface area contributed by atoms with Gasteiger partial charge in [-0.25, -0.2) is 12.4 Å². The van der Waals surface area contributed by atoms with E-state index >= 15 is 0 Å². The largest absolute Gasteiger partial charge is 0.438 e. The molecule has 0 spiro atoms. The molecular weight excluding hydrogens is 394 g/mol. The van der Waals surface area contributed by atoms with Crippen LogP contribution in [0, 0.1) is 0 Å². The molecule has 0 amide bonds. The van der Waals surface area contributed by atoms with Crippen molar-refractivity contribution < 1.29 is 38.4 Å².